The van der Waals surface area contributed by atoms with Crippen molar-refractivity contribution < 1.29 is 4.74 Å². The highest BCUT2D eigenvalue weighted by atomic mass is 32.1. The molecule has 1 aromatic rings. The second-order valence-electron chi connectivity index (χ2n) is 3.74. The third kappa shape index (κ3) is 1.69. The van der Waals surface area contributed by atoms with E-state index >= 15 is 0 Å². The summed E-state index contributed by atoms with van der Waals surface area (Å²) in [5.74, 6) is 0. The standard InChI is InChI=1S/C10H16N2OS/c1-6(13-2)10-12-8-5-3-4-7(11)9(8)14-10/h6-7H,3-5,11H2,1-2H3. The Bertz CT molecular complexity index is 324. The first-order chi connectivity index (χ1) is 6.72. The third-order valence-corrected chi connectivity index (χ3v) is 4.10. The van der Waals surface area contributed by atoms with Gasteiger partial charge in [-0.1, -0.05) is 0 Å². The van der Waals surface area contributed by atoms with Crippen LogP contribution in [0.3, 0.4) is 0 Å². The summed E-state index contributed by atoms with van der Waals surface area (Å²) in [5.41, 5.74) is 7.23. The second-order valence-corrected chi connectivity index (χ2v) is 4.80. The maximum atomic E-state index is 6.03. The molecule has 0 bridgehead atoms. The minimum absolute atomic E-state index is 0.0952. The van der Waals surface area contributed by atoms with Gasteiger partial charge in [-0.3, -0.25) is 0 Å². The summed E-state index contributed by atoms with van der Waals surface area (Å²) in [6, 6.07) is 0.203. The van der Waals surface area contributed by atoms with Gasteiger partial charge in [-0.2, -0.15) is 0 Å². The minimum Gasteiger partial charge on any atom is -0.375 e. The largest absolute Gasteiger partial charge is 0.375 e. The van der Waals surface area contributed by atoms with Gasteiger partial charge in [0.15, 0.2) is 0 Å². The van der Waals surface area contributed by atoms with Gasteiger partial charge >= 0.3 is 0 Å². The van der Waals surface area contributed by atoms with Crippen molar-refractivity contribution in [2.24, 2.45) is 5.73 Å². The molecule has 78 valence electrons. The smallest absolute Gasteiger partial charge is 0.122 e. The van der Waals surface area contributed by atoms with Gasteiger partial charge in [0.05, 0.1) is 5.69 Å². The Balaban J connectivity index is 2.30. The van der Waals surface area contributed by atoms with E-state index in [-0.39, 0.29) is 12.1 Å². The normalized spacial score (nSPS) is 23.2. The van der Waals surface area contributed by atoms with Crippen LogP contribution in [0.2, 0.25) is 0 Å². The van der Waals surface area contributed by atoms with E-state index in [1.165, 1.54) is 17.0 Å². The van der Waals surface area contributed by atoms with Gasteiger partial charge < -0.3 is 10.5 Å². The van der Waals surface area contributed by atoms with Crippen LogP contribution in [0.15, 0.2) is 0 Å². The lowest BCUT2D eigenvalue weighted by Crippen LogP contribution is -2.15. The van der Waals surface area contributed by atoms with Gasteiger partial charge in [0.2, 0.25) is 0 Å². The summed E-state index contributed by atoms with van der Waals surface area (Å²) >= 11 is 1.72. The zero-order valence-electron chi connectivity index (χ0n) is 8.62. The molecule has 0 radical (unpaired) electrons. The van der Waals surface area contributed by atoms with Gasteiger partial charge in [0.25, 0.3) is 0 Å². The molecule has 0 saturated heterocycles. The van der Waals surface area contributed by atoms with E-state index in [4.69, 9.17) is 10.5 Å². The molecule has 0 aromatic carbocycles. The molecule has 14 heavy (non-hydrogen) atoms. The van der Waals surface area contributed by atoms with E-state index in [0.717, 1.165) is 17.8 Å². The summed E-state index contributed by atoms with van der Waals surface area (Å²) in [5, 5.41) is 1.06. The molecule has 2 rings (SSSR count). The molecular formula is C10H16N2OS. The number of fused-ring (bicyclic) bond motifs is 1. The number of thiazole rings is 1. The van der Waals surface area contributed by atoms with Crippen LogP contribution in [0, 0.1) is 0 Å². The fourth-order valence-corrected chi connectivity index (χ4v) is 2.92. The van der Waals surface area contributed by atoms with Crippen LogP contribution in [0.4, 0.5) is 0 Å². The Morgan fingerprint density at radius 3 is 3.07 bits per heavy atom. The van der Waals surface area contributed by atoms with Crippen molar-refractivity contribution in [2.75, 3.05) is 7.11 Å². The Kier molecular flexibility index (Phi) is 2.85. The predicted molar refractivity (Wildman–Crippen MR) is 57.4 cm³/mol. The van der Waals surface area contributed by atoms with Crippen molar-refractivity contribution in [1.29, 1.82) is 0 Å². The Labute approximate surface area is 88.3 Å². The van der Waals surface area contributed by atoms with Gasteiger partial charge in [-0.05, 0) is 26.2 Å². The van der Waals surface area contributed by atoms with E-state index in [2.05, 4.69) is 4.98 Å². The number of aromatic nitrogens is 1. The van der Waals surface area contributed by atoms with Crippen LogP contribution < -0.4 is 5.73 Å². The molecule has 2 atom stereocenters. The number of ether oxygens (including phenoxy) is 1. The summed E-state index contributed by atoms with van der Waals surface area (Å²) in [6.07, 6.45) is 3.43. The number of aryl methyl sites for hydroxylation is 1. The van der Waals surface area contributed by atoms with Gasteiger partial charge in [0.1, 0.15) is 11.1 Å². The highest BCUT2D eigenvalue weighted by Gasteiger charge is 2.23. The SMILES string of the molecule is COC(C)c1nc2c(s1)C(N)CCC2. The Morgan fingerprint density at radius 2 is 2.43 bits per heavy atom. The highest BCUT2D eigenvalue weighted by Crippen LogP contribution is 2.35. The molecule has 2 N–H and O–H groups in total. The number of nitrogens with zero attached hydrogens (tertiary/aromatic N) is 1. The lowest BCUT2D eigenvalue weighted by atomic mass is 9.99. The van der Waals surface area contributed by atoms with Crippen LogP contribution in [0.1, 0.15) is 47.5 Å². The minimum atomic E-state index is 0.0952. The van der Waals surface area contributed by atoms with Crippen LogP contribution in [-0.4, -0.2) is 12.1 Å². The molecule has 1 aliphatic rings. The first kappa shape index (κ1) is 10.1. The predicted octanol–water partition coefficient (Wildman–Crippen LogP) is 2.19. The fourth-order valence-electron chi connectivity index (χ4n) is 1.75. The number of hydrogen-bond donors (Lipinski definition) is 1. The van der Waals surface area contributed by atoms with Crippen molar-refractivity contribution in [3.63, 3.8) is 0 Å². The molecule has 1 aromatic heterocycles. The van der Waals surface area contributed by atoms with Gasteiger partial charge in [0, 0.05) is 18.0 Å². The molecular weight excluding hydrogens is 196 g/mol. The zero-order chi connectivity index (χ0) is 10.1. The molecule has 2 unspecified atom stereocenters. The van der Waals surface area contributed by atoms with Crippen molar-refractivity contribution in [3.8, 4) is 0 Å². The molecule has 0 saturated carbocycles. The molecule has 1 heterocycles. The van der Waals surface area contributed by atoms with Crippen molar-refractivity contribution in [1.82, 2.24) is 4.98 Å². The number of nitrogens with two attached hydrogens (primary N) is 1. The summed E-state index contributed by atoms with van der Waals surface area (Å²) in [7, 11) is 1.71. The average Bonchev–Trinajstić information content (AvgIpc) is 2.62. The van der Waals surface area contributed by atoms with Crippen LogP contribution in [0.5, 0.6) is 0 Å². The number of methoxy groups -OCH3 is 1. The van der Waals surface area contributed by atoms with E-state index in [1.807, 2.05) is 6.92 Å². The Morgan fingerprint density at radius 1 is 1.64 bits per heavy atom. The van der Waals surface area contributed by atoms with E-state index in [9.17, 15) is 0 Å². The Hall–Kier alpha value is -0.450. The van der Waals surface area contributed by atoms with E-state index in [1.54, 1.807) is 18.4 Å². The maximum Gasteiger partial charge on any atom is 0.122 e. The summed E-state index contributed by atoms with van der Waals surface area (Å²) in [6.45, 7) is 2.02. The molecule has 0 fully saturated rings. The molecule has 0 amide bonds. The zero-order valence-corrected chi connectivity index (χ0v) is 9.43. The monoisotopic (exact) mass is 212 g/mol. The summed E-state index contributed by atoms with van der Waals surface area (Å²) < 4.78 is 5.26. The van der Waals surface area contributed by atoms with Crippen LogP contribution >= 0.6 is 11.3 Å². The lowest BCUT2D eigenvalue weighted by Gasteiger charge is -2.15. The lowest BCUT2D eigenvalue weighted by molar-refractivity contribution is 0.119. The maximum absolute atomic E-state index is 6.03. The topological polar surface area (TPSA) is 48.1 Å². The van der Waals surface area contributed by atoms with Crippen molar-refractivity contribution >= 4 is 11.3 Å². The number of rotatable bonds is 2. The molecule has 4 heteroatoms. The van der Waals surface area contributed by atoms with E-state index in [0.29, 0.717) is 0 Å². The second kappa shape index (κ2) is 3.96. The van der Waals surface area contributed by atoms with Crippen LogP contribution in [-0.2, 0) is 11.2 Å². The van der Waals surface area contributed by atoms with Crippen molar-refractivity contribution in [3.05, 3.63) is 15.6 Å². The van der Waals surface area contributed by atoms with Gasteiger partial charge in [-0.15, -0.1) is 11.3 Å². The summed E-state index contributed by atoms with van der Waals surface area (Å²) in [4.78, 5) is 5.86. The first-order valence-electron chi connectivity index (χ1n) is 5.00. The van der Waals surface area contributed by atoms with E-state index < -0.39 is 0 Å². The van der Waals surface area contributed by atoms with Gasteiger partial charge in [-0.25, -0.2) is 4.98 Å². The molecule has 3 nitrogen and oxygen atoms in total. The quantitative estimate of drug-likeness (QED) is 0.817. The number of hydrogen-bond acceptors (Lipinski definition) is 4. The molecule has 0 spiro atoms. The average molecular weight is 212 g/mol. The van der Waals surface area contributed by atoms with Crippen LogP contribution in [0.25, 0.3) is 0 Å². The first-order valence-corrected chi connectivity index (χ1v) is 5.82. The highest BCUT2D eigenvalue weighted by molar-refractivity contribution is 7.11. The molecule has 0 aliphatic heterocycles. The molecule has 1 aliphatic carbocycles. The third-order valence-electron chi connectivity index (χ3n) is 2.71. The fraction of sp³-hybridized carbons (Fsp3) is 0.700. The van der Waals surface area contributed by atoms with Crippen molar-refractivity contribution in [2.45, 2.75) is 38.3 Å².